The summed E-state index contributed by atoms with van der Waals surface area (Å²) >= 11 is 0. The molecule has 5 nitrogen and oxygen atoms in total. The second-order valence-electron chi connectivity index (χ2n) is 6.23. The third-order valence-electron chi connectivity index (χ3n) is 3.99. The zero-order chi connectivity index (χ0) is 19.3. The first-order valence-corrected chi connectivity index (χ1v) is 8.03. The molecule has 2 amide bonds. The van der Waals surface area contributed by atoms with Crippen LogP contribution in [0.3, 0.4) is 0 Å². The molecule has 142 valence electrons. The lowest BCUT2D eigenvalue weighted by molar-refractivity contribution is -0.137. The second-order valence-corrected chi connectivity index (χ2v) is 6.23. The smallest absolute Gasteiger partial charge is 0.416 e. The fraction of sp³-hybridized carbons (Fsp3) is 0.389. The monoisotopic (exact) mass is 369 g/mol. The molecule has 0 fully saturated rings. The van der Waals surface area contributed by atoms with E-state index in [1.807, 2.05) is 25.1 Å². The summed E-state index contributed by atoms with van der Waals surface area (Å²) in [6.07, 6.45) is -2.79. The molecule has 26 heavy (non-hydrogen) atoms. The largest absolute Gasteiger partial charge is 0.468 e. The molecule has 0 aliphatic rings. The normalized spacial score (nSPS) is 12.9. The van der Waals surface area contributed by atoms with E-state index in [0.29, 0.717) is 12.1 Å². The molecule has 0 aliphatic heterocycles. The molecule has 1 aromatic carbocycles. The summed E-state index contributed by atoms with van der Waals surface area (Å²) in [6, 6.07) is 7.96. The van der Waals surface area contributed by atoms with Crippen molar-refractivity contribution in [2.75, 3.05) is 27.7 Å². The number of furan rings is 1. The van der Waals surface area contributed by atoms with Gasteiger partial charge in [-0.2, -0.15) is 13.2 Å². The Labute approximate surface area is 150 Å². The van der Waals surface area contributed by atoms with E-state index in [9.17, 15) is 18.0 Å². The highest BCUT2D eigenvalue weighted by Gasteiger charge is 2.30. The number of likely N-dealkylation sites (N-methyl/N-ethyl adjacent to an activating group) is 1. The van der Waals surface area contributed by atoms with E-state index in [1.54, 1.807) is 19.4 Å². The number of nitrogens with one attached hydrogen (secondary N) is 1. The third-order valence-corrected chi connectivity index (χ3v) is 3.99. The summed E-state index contributed by atoms with van der Waals surface area (Å²) in [4.78, 5) is 15.6. The van der Waals surface area contributed by atoms with Gasteiger partial charge in [-0.15, -0.1) is 0 Å². The summed E-state index contributed by atoms with van der Waals surface area (Å²) in [6.45, 7) is 0.550. The van der Waals surface area contributed by atoms with Crippen LogP contribution in [0.15, 0.2) is 47.1 Å². The van der Waals surface area contributed by atoms with E-state index in [0.717, 1.165) is 17.9 Å². The van der Waals surface area contributed by atoms with E-state index >= 15 is 0 Å². The summed E-state index contributed by atoms with van der Waals surface area (Å²) in [5.74, 6) is 0.737. The van der Waals surface area contributed by atoms with Crippen LogP contribution < -0.4 is 5.32 Å². The topological polar surface area (TPSA) is 48.7 Å². The minimum atomic E-state index is -4.37. The molecule has 0 aliphatic carbocycles. The van der Waals surface area contributed by atoms with Crippen molar-refractivity contribution in [3.05, 3.63) is 59.5 Å². The average molecular weight is 369 g/mol. The number of hydrogen-bond donors (Lipinski definition) is 1. The molecule has 0 radical (unpaired) electrons. The first kappa shape index (κ1) is 19.8. The molecule has 8 heteroatoms. The molecule has 2 aromatic rings. The Morgan fingerprint density at radius 3 is 2.31 bits per heavy atom. The van der Waals surface area contributed by atoms with Crippen molar-refractivity contribution in [1.29, 1.82) is 0 Å². The van der Waals surface area contributed by atoms with Crippen LogP contribution in [0.25, 0.3) is 0 Å². The van der Waals surface area contributed by atoms with Crippen LogP contribution in [0, 0.1) is 0 Å². The Hall–Kier alpha value is -2.48. The summed E-state index contributed by atoms with van der Waals surface area (Å²) in [7, 11) is 5.35. The van der Waals surface area contributed by atoms with Gasteiger partial charge in [-0.3, -0.25) is 4.90 Å². The van der Waals surface area contributed by atoms with Crippen molar-refractivity contribution >= 4 is 6.03 Å². The molecule has 2 rings (SSSR count). The Bertz CT molecular complexity index is 697. The van der Waals surface area contributed by atoms with Gasteiger partial charge in [-0.25, -0.2) is 4.79 Å². The molecule has 1 N–H and O–H groups in total. The van der Waals surface area contributed by atoms with Gasteiger partial charge in [0.2, 0.25) is 0 Å². The van der Waals surface area contributed by atoms with Crippen LogP contribution in [0.1, 0.15) is 22.9 Å². The van der Waals surface area contributed by atoms with Gasteiger partial charge in [0, 0.05) is 20.1 Å². The van der Waals surface area contributed by atoms with Gasteiger partial charge in [0.1, 0.15) is 5.76 Å². The molecule has 1 unspecified atom stereocenters. The SMILES string of the molecule is CN(Cc1ccc(C(F)(F)F)cc1)C(=O)NCC(c1ccco1)N(C)C. The highest BCUT2D eigenvalue weighted by atomic mass is 19.4. The van der Waals surface area contributed by atoms with Crippen LogP contribution in [-0.4, -0.2) is 43.5 Å². The van der Waals surface area contributed by atoms with Gasteiger partial charge in [-0.05, 0) is 43.9 Å². The van der Waals surface area contributed by atoms with Gasteiger partial charge >= 0.3 is 12.2 Å². The highest BCUT2D eigenvalue weighted by molar-refractivity contribution is 5.73. The molecular weight excluding hydrogens is 347 g/mol. The quantitative estimate of drug-likeness (QED) is 0.844. The van der Waals surface area contributed by atoms with E-state index in [-0.39, 0.29) is 18.6 Å². The molecule has 0 spiro atoms. The maximum atomic E-state index is 12.6. The fourth-order valence-corrected chi connectivity index (χ4v) is 2.48. The number of rotatable bonds is 6. The maximum Gasteiger partial charge on any atom is 0.416 e. The van der Waals surface area contributed by atoms with E-state index in [1.165, 1.54) is 17.0 Å². The van der Waals surface area contributed by atoms with Gasteiger partial charge in [-0.1, -0.05) is 12.1 Å². The molecule has 1 heterocycles. The number of benzene rings is 1. The van der Waals surface area contributed by atoms with Gasteiger partial charge in [0.05, 0.1) is 17.9 Å². The van der Waals surface area contributed by atoms with Crippen molar-refractivity contribution in [2.45, 2.75) is 18.8 Å². The minimum Gasteiger partial charge on any atom is -0.468 e. The highest BCUT2D eigenvalue weighted by Crippen LogP contribution is 2.29. The van der Waals surface area contributed by atoms with Crippen LogP contribution in [0.5, 0.6) is 0 Å². The Morgan fingerprint density at radius 2 is 1.81 bits per heavy atom. The number of halogens is 3. The lowest BCUT2D eigenvalue weighted by atomic mass is 10.1. The first-order chi connectivity index (χ1) is 12.2. The summed E-state index contributed by atoms with van der Waals surface area (Å²) in [5.41, 5.74) is -0.0912. The van der Waals surface area contributed by atoms with Crippen LogP contribution in [0.2, 0.25) is 0 Å². The number of urea groups is 1. The molecule has 0 bridgehead atoms. The van der Waals surface area contributed by atoms with Crippen molar-refractivity contribution in [2.24, 2.45) is 0 Å². The zero-order valence-corrected chi connectivity index (χ0v) is 14.9. The Kier molecular flexibility index (Phi) is 6.31. The fourth-order valence-electron chi connectivity index (χ4n) is 2.48. The van der Waals surface area contributed by atoms with Crippen molar-refractivity contribution in [3.8, 4) is 0 Å². The minimum absolute atomic E-state index is 0.117. The number of alkyl halides is 3. The van der Waals surface area contributed by atoms with Crippen LogP contribution >= 0.6 is 0 Å². The van der Waals surface area contributed by atoms with E-state index < -0.39 is 11.7 Å². The molecular formula is C18H22F3N3O2. The standard InChI is InChI=1S/C18H22F3N3O2/c1-23(2)15(16-5-4-10-26-16)11-22-17(25)24(3)12-13-6-8-14(9-7-13)18(19,20)21/h4-10,15H,11-12H2,1-3H3,(H,22,25). The number of nitrogens with zero attached hydrogens (tertiary/aromatic N) is 2. The third kappa shape index (κ3) is 5.26. The Morgan fingerprint density at radius 1 is 1.15 bits per heavy atom. The van der Waals surface area contributed by atoms with Crippen LogP contribution in [-0.2, 0) is 12.7 Å². The summed E-state index contributed by atoms with van der Waals surface area (Å²) < 4.78 is 43.1. The first-order valence-electron chi connectivity index (χ1n) is 8.03. The number of carbonyl (C=O) groups is 1. The lowest BCUT2D eigenvalue weighted by Gasteiger charge is -2.24. The zero-order valence-electron chi connectivity index (χ0n) is 14.9. The molecule has 1 aromatic heterocycles. The molecule has 0 saturated heterocycles. The van der Waals surface area contributed by atoms with Crippen LogP contribution in [0.4, 0.5) is 18.0 Å². The lowest BCUT2D eigenvalue weighted by Crippen LogP contribution is -2.41. The maximum absolute atomic E-state index is 12.6. The van der Waals surface area contributed by atoms with Crippen molar-refractivity contribution in [3.63, 3.8) is 0 Å². The summed E-state index contributed by atoms with van der Waals surface area (Å²) in [5, 5.41) is 2.81. The van der Waals surface area contributed by atoms with E-state index in [4.69, 9.17) is 4.42 Å². The predicted molar refractivity (Wildman–Crippen MR) is 91.4 cm³/mol. The van der Waals surface area contributed by atoms with Crippen molar-refractivity contribution < 1.29 is 22.4 Å². The van der Waals surface area contributed by atoms with E-state index in [2.05, 4.69) is 5.32 Å². The predicted octanol–water partition coefficient (Wildman–Crippen LogP) is 3.74. The number of carbonyl (C=O) groups excluding carboxylic acids is 1. The number of hydrogen-bond acceptors (Lipinski definition) is 3. The van der Waals surface area contributed by atoms with Gasteiger partial charge in [0.25, 0.3) is 0 Å². The Balaban J connectivity index is 1.91. The van der Waals surface area contributed by atoms with Crippen molar-refractivity contribution in [1.82, 2.24) is 15.1 Å². The van der Waals surface area contributed by atoms with Gasteiger partial charge < -0.3 is 14.6 Å². The number of amides is 2. The average Bonchev–Trinajstić information content (AvgIpc) is 3.08. The molecule has 1 atom stereocenters. The second kappa shape index (κ2) is 8.27. The molecule has 0 saturated carbocycles. The van der Waals surface area contributed by atoms with Gasteiger partial charge in [0.15, 0.2) is 0 Å².